The molecule has 0 atom stereocenters. The first kappa shape index (κ1) is 10.2. The van der Waals surface area contributed by atoms with E-state index in [4.69, 9.17) is 4.74 Å². The molecule has 1 aromatic carbocycles. The maximum Gasteiger partial charge on any atom is 0.166 e. The zero-order valence-electron chi connectivity index (χ0n) is 8.45. The third-order valence-corrected chi connectivity index (χ3v) is 3.12. The van der Waals surface area contributed by atoms with Gasteiger partial charge >= 0.3 is 0 Å². The molecular formula is C11H10BrNO2. The van der Waals surface area contributed by atoms with Crippen LogP contribution in [0.25, 0.3) is 10.9 Å². The number of hydrogen-bond donors (Lipinski definition) is 0. The Morgan fingerprint density at radius 2 is 2.20 bits per heavy atom. The Hall–Kier alpha value is -1.29. The van der Waals surface area contributed by atoms with Crippen LogP contribution in [0.5, 0.6) is 5.75 Å². The van der Waals surface area contributed by atoms with Crippen LogP contribution < -0.4 is 4.74 Å². The van der Waals surface area contributed by atoms with Gasteiger partial charge in [0.05, 0.1) is 18.3 Å². The molecule has 4 heteroatoms. The molecule has 0 unspecified atom stereocenters. The lowest BCUT2D eigenvalue weighted by Crippen LogP contribution is -1.94. The minimum absolute atomic E-state index is 0.634. The summed E-state index contributed by atoms with van der Waals surface area (Å²) in [6, 6.07) is 5.61. The van der Waals surface area contributed by atoms with E-state index < -0.39 is 0 Å². The van der Waals surface area contributed by atoms with Crippen molar-refractivity contribution in [3.05, 3.63) is 28.4 Å². The maximum absolute atomic E-state index is 10.8. The van der Waals surface area contributed by atoms with Crippen LogP contribution in [0.4, 0.5) is 0 Å². The van der Waals surface area contributed by atoms with Crippen LogP contribution in [0.2, 0.25) is 0 Å². The van der Waals surface area contributed by atoms with E-state index in [-0.39, 0.29) is 0 Å². The van der Waals surface area contributed by atoms with Crippen LogP contribution in [0.1, 0.15) is 10.5 Å². The number of carbonyl (C=O) groups is 1. The fourth-order valence-electron chi connectivity index (χ4n) is 1.71. The van der Waals surface area contributed by atoms with Crippen LogP contribution >= 0.6 is 15.9 Å². The topological polar surface area (TPSA) is 31.2 Å². The van der Waals surface area contributed by atoms with Crippen LogP contribution in [0.3, 0.4) is 0 Å². The van der Waals surface area contributed by atoms with Crippen molar-refractivity contribution in [2.24, 2.45) is 7.05 Å². The van der Waals surface area contributed by atoms with Gasteiger partial charge in [-0.1, -0.05) is 0 Å². The van der Waals surface area contributed by atoms with Crippen molar-refractivity contribution in [3.8, 4) is 5.75 Å². The largest absolute Gasteiger partial charge is 0.496 e. The average Bonchev–Trinajstić information content (AvgIpc) is 2.57. The second-order valence-electron chi connectivity index (χ2n) is 3.26. The van der Waals surface area contributed by atoms with Gasteiger partial charge in [0.2, 0.25) is 0 Å². The van der Waals surface area contributed by atoms with Crippen LogP contribution in [-0.2, 0) is 7.05 Å². The zero-order chi connectivity index (χ0) is 11.0. The minimum Gasteiger partial charge on any atom is -0.496 e. The SMILES string of the molecule is COc1ccc(Br)c2c1cc(C=O)n2C. The van der Waals surface area contributed by atoms with Gasteiger partial charge in [0.15, 0.2) is 6.29 Å². The molecule has 2 rings (SSSR count). The Kier molecular flexibility index (Phi) is 2.52. The number of nitrogens with zero attached hydrogens (tertiary/aromatic N) is 1. The van der Waals surface area contributed by atoms with E-state index in [1.165, 1.54) is 0 Å². The van der Waals surface area contributed by atoms with Crippen LogP contribution in [0, 0.1) is 0 Å². The normalized spacial score (nSPS) is 10.6. The molecule has 2 aromatic rings. The van der Waals surface area contributed by atoms with E-state index in [0.717, 1.165) is 27.4 Å². The van der Waals surface area contributed by atoms with E-state index >= 15 is 0 Å². The number of fused-ring (bicyclic) bond motifs is 1. The van der Waals surface area contributed by atoms with E-state index in [2.05, 4.69) is 15.9 Å². The van der Waals surface area contributed by atoms with Crippen molar-refractivity contribution in [2.75, 3.05) is 7.11 Å². The monoisotopic (exact) mass is 267 g/mol. The molecule has 0 spiro atoms. The summed E-state index contributed by atoms with van der Waals surface area (Å²) < 4.78 is 8.04. The van der Waals surface area contributed by atoms with Crippen molar-refractivity contribution in [1.29, 1.82) is 0 Å². The zero-order valence-corrected chi connectivity index (χ0v) is 10.0. The fourth-order valence-corrected chi connectivity index (χ4v) is 2.32. The van der Waals surface area contributed by atoms with E-state index in [9.17, 15) is 4.79 Å². The van der Waals surface area contributed by atoms with Gasteiger partial charge in [0.1, 0.15) is 5.75 Å². The smallest absolute Gasteiger partial charge is 0.166 e. The number of hydrogen-bond acceptors (Lipinski definition) is 2. The summed E-state index contributed by atoms with van der Waals surface area (Å²) in [5.41, 5.74) is 1.60. The summed E-state index contributed by atoms with van der Waals surface area (Å²) in [4.78, 5) is 10.8. The van der Waals surface area contributed by atoms with Gasteiger partial charge in [-0.15, -0.1) is 0 Å². The Morgan fingerprint density at radius 3 is 2.80 bits per heavy atom. The third-order valence-electron chi connectivity index (χ3n) is 2.48. The second-order valence-corrected chi connectivity index (χ2v) is 4.11. The van der Waals surface area contributed by atoms with Gasteiger partial charge in [-0.25, -0.2) is 0 Å². The second kappa shape index (κ2) is 3.70. The van der Waals surface area contributed by atoms with Gasteiger partial charge in [-0.2, -0.15) is 0 Å². The van der Waals surface area contributed by atoms with E-state index in [1.807, 2.05) is 29.8 Å². The summed E-state index contributed by atoms with van der Waals surface area (Å²) in [5.74, 6) is 0.775. The molecule has 78 valence electrons. The number of carbonyl (C=O) groups excluding carboxylic acids is 1. The molecule has 0 saturated heterocycles. The van der Waals surface area contributed by atoms with Crippen molar-refractivity contribution < 1.29 is 9.53 Å². The number of aldehydes is 1. The highest BCUT2D eigenvalue weighted by Gasteiger charge is 2.11. The molecule has 0 aliphatic carbocycles. The molecule has 0 radical (unpaired) electrons. The van der Waals surface area contributed by atoms with E-state index in [1.54, 1.807) is 7.11 Å². The summed E-state index contributed by atoms with van der Waals surface area (Å²) >= 11 is 3.46. The molecule has 0 amide bonds. The lowest BCUT2D eigenvalue weighted by atomic mass is 10.2. The number of rotatable bonds is 2. The van der Waals surface area contributed by atoms with Gasteiger partial charge in [0.25, 0.3) is 0 Å². The Labute approximate surface area is 95.8 Å². The molecule has 0 fully saturated rings. The van der Waals surface area contributed by atoms with Gasteiger partial charge in [-0.3, -0.25) is 4.79 Å². The van der Waals surface area contributed by atoms with Crippen molar-refractivity contribution in [2.45, 2.75) is 0 Å². The molecule has 15 heavy (non-hydrogen) atoms. The predicted octanol–water partition coefficient (Wildman–Crippen LogP) is 2.76. The molecule has 1 heterocycles. The third kappa shape index (κ3) is 1.45. The summed E-state index contributed by atoms with van der Waals surface area (Å²) in [6.45, 7) is 0. The van der Waals surface area contributed by atoms with Crippen LogP contribution in [-0.4, -0.2) is 18.0 Å². The standard InChI is InChI=1S/C11H10BrNO2/c1-13-7(6-14)5-8-10(15-2)4-3-9(12)11(8)13/h3-6H,1-2H3. The first-order chi connectivity index (χ1) is 7.19. The number of aromatic nitrogens is 1. The minimum atomic E-state index is 0.634. The lowest BCUT2D eigenvalue weighted by molar-refractivity contribution is 0.111. The van der Waals surface area contributed by atoms with E-state index in [0.29, 0.717) is 5.69 Å². The number of ether oxygens (including phenoxy) is 1. The Balaban J connectivity index is 2.91. The van der Waals surface area contributed by atoms with Crippen molar-refractivity contribution >= 4 is 33.1 Å². The van der Waals surface area contributed by atoms with Gasteiger partial charge in [0, 0.05) is 16.9 Å². The molecule has 0 aliphatic rings. The highest BCUT2D eigenvalue weighted by atomic mass is 79.9. The lowest BCUT2D eigenvalue weighted by Gasteiger charge is -2.04. The molecule has 0 bridgehead atoms. The molecule has 0 aliphatic heterocycles. The molecule has 1 aromatic heterocycles. The number of halogens is 1. The number of benzene rings is 1. The Morgan fingerprint density at radius 1 is 1.47 bits per heavy atom. The van der Waals surface area contributed by atoms with Crippen molar-refractivity contribution in [3.63, 3.8) is 0 Å². The molecule has 0 N–H and O–H groups in total. The maximum atomic E-state index is 10.8. The first-order valence-electron chi connectivity index (χ1n) is 4.46. The van der Waals surface area contributed by atoms with Gasteiger partial charge in [-0.05, 0) is 34.1 Å². The quantitative estimate of drug-likeness (QED) is 0.784. The summed E-state index contributed by atoms with van der Waals surface area (Å²) in [6.07, 6.45) is 0.839. The van der Waals surface area contributed by atoms with Gasteiger partial charge < -0.3 is 9.30 Å². The molecule has 3 nitrogen and oxygen atoms in total. The number of methoxy groups -OCH3 is 1. The molecular weight excluding hydrogens is 258 g/mol. The predicted molar refractivity (Wildman–Crippen MR) is 62.6 cm³/mol. The summed E-state index contributed by atoms with van der Waals surface area (Å²) in [5, 5.41) is 0.941. The Bertz CT molecular complexity index is 531. The summed E-state index contributed by atoms with van der Waals surface area (Å²) in [7, 11) is 3.48. The van der Waals surface area contributed by atoms with Crippen LogP contribution in [0.15, 0.2) is 22.7 Å². The van der Waals surface area contributed by atoms with Crippen molar-refractivity contribution in [1.82, 2.24) is 4.57 Å². The highest BCUT2D eigenvalue weighted by molar-refractivity contribution is 9.10. The highest BCUT2D eigenvalue weighted by Crippen LogP contribution is 2.33. The average molecular weight is 268 g/mol. The number of aryl methyl sites for hydroxylation is 1. The first-order valence-corrected chi connectivity index (χ1v) is 5.25. The fraction of sp³-hybridized carbons (Fsp3) is 0.182. The molecule has 0 saturated carbocycles.